The summed E-state index contributed by atoms with van der Waals surface area (Å²) in [5, 5.41) is 2.42. The molecule has 35 heavy (non-hydrogen) atoms. The van der Waals surface area contributed by atoms with E-state index in [0.29, 0.717) is 12.8 Å². The van der Waals surface area contributed by atoms with E-state index in [1.54, 1.807) is 0 Å². The van der Waals surface area contributed by atoms with E-state index in [0.717, 1.165) is 32.2 Å². The number of carbonyl (C=O) groups excluding carboxylic acids is 2. The number of methoxy groups -OCH3 is 1. The van der Waals surface area contributed by atoms with E-state index in [9.17, 15) is 31.5 Å². The molecule has 7 nitrogen and oxygen atoms in total. The van der Waals surface area contributed by atoms with Crippen LogP contribution in [0.3, 0.4) is 0 Å². The van der Waals surface area contributed by atoms with Gasteiger partial charge >= 0.3 is 6.18 Å². The van der Waals surface area contributed by atoms with Crippen LogP contribution in [-0.2, 0) is 9.53 Å². The van der Waals surface area contributed by atoms with Gasteiger partial charge in [0.05, 0.1) is 7.11 Å². The van der Waals surface area contributed by atoms with E-state index in [2.05, 4.69) is 10.3 Å². The number of aromatic nitrogens is 1. The van der Waals surface area contributed by atoms with Crippen molar-refractivity contribution in [2.45, 2.75) is 43.6 Å². The van der Waals surface area contributed by atoms with Crippen LogP contribution in [0.25, 0.3) is 0 Å². The molecule has 2 aromatic rings. The van der Waals surface area contributed by atoms with Crippen molar-refractivity contribution in [3.05, 3.63) is 53.4 Å². The summed E-state index contributed by atoms with van der Waals surface area (Å²) >= 11 is 0. The number of ether oxygens (including phenoxy) is 2. The van der Waals surface area contributed by atoms with Crippen LogP contribution < -0.4 is 15.8 Å². The first-order valence-electron chi connectivity index (χ1n) is 10.7. The van der Waals surface area contributed by atoms with Gasteiger partial charge in [-0.15, -0.1) is 0 Å². The average Bonchev–Trinajstić information content (AvgIpc) is 3.57. The summed E-state index contributed by atoms with van der Waals surface area (Å²) in [7, 11) is 1.06. The molecule has 2 fully saturated rings. The molecule has 1 aliphatic heterocycles. The van der Waals surface area contributed by atoms with E-state index in [4.69, 9.17) is 15.2 Å². The van der Waals surface area contributed by atoms with Crippen molar-refractivity contribution in [1.29, 1.82) is 0 Å². The number of nitrogens with one attached hydrogen (secondary N) is 1. The molecule has 3 N–H and O–H groups in total. The van der Waals surface area contributed by atoms with Crippen LogP contribution >= 0.6 is 0 Å². The lowest BCUT2D eigenvalue weighted by Gasteiger charge is -2.34. The highest BCUT2D eigenvalue weighted by Gasteiger charge is 2.70. The fourth-order valence-electron chi connectivity index (χ4n) is 4.85. The quantitative estimate of drug-likeness (QED) is 0.587. The van der Waals surface area contributed by atoms with E-state index in [1.807, 2.05) is 0 Å². The number of amides is 2. The van der Waals surface area contributed by atoms with Crippen LogP contribution in [0, 0.1) is 23.5 Å². The number of halogens is 5. The van der Waals surface area contributed by atoms with Crippen molar-refractivity contribution >= 4 is 17.5 Å². The topological polar surface area (TPSA) is 104 Å². The molecule has 1 aromatic carbocycles. The Balaban J connectivity index is 1.81. The van der Waals surface area contributed by atoms with Gasteiger partial charge in [-0.25, -0.2) is 4.39 Å². The van der Waals surface area contributed by atoms with Crippen molar-refractivity contribution in [3.8, 4) is 5.75 Å². The third-order valence-corrected chi connectivity index (χ3v) is 6.60. The first kappa shape index (κ1) is 24.8. The molecule has 12 heteroatoms. The van der Waals surface area contributed by atoms with E-state index in [-0.39, 0.29) is 16.9 Å². The van der Waals surface area contributed by atoms with Crippen molar-refractivity contribution in [1.82, 2.24) is 4.98 Å². The molecule has 1 saturated carbocycles. The van der Waals surface area contributed by atoms with Gasteiger partial charge < -0.3 is 20.5 Å². The van der Waals surface area contributed by atoms with Crippen LogP contribution in [0.1, 0.15) is 41.7 Å². The highest BCUT2D eigenvalue weighted by atomic mass is 19.4. The second-order valence-corrected chi connectivity index (χ2v) is 8.80. The maximum absolute atomic E-state index is 14.6. The van der Waals surface area contributed by atoms with Gasteiger partial charge in [0, 0.05) is 29.3 Å². The maximum Gasteiger partial charge on any atom is 0.417 e. The molecule has 2 aliphatic rings. The lowest BCUT2D eigenvalue weighted by Crippen LogP contribution is -2.49. The monoisotopic (exact) mass is 499 g/mol. The molecule has 0 radical (unpaired) electrons. The lowest BCUT2D eigenvalue weighted by atomic mass is 9.73. The minimum absolute atomic E-state index is 0.0435. The lowest BCUT2D eigenvalue weighted by molar-refractivity contribution is -0.275. The smallest absolute Gasteiger partial charge is 0.417 e. The molecule has 0 spiro atoms. The number of pyridine rings is 1. The van der Waals surface area contributed by atoms with Crippen LogP contribution in [0.2, 0.25) is 0 Å². The Morgan fingerprint density at radius 1 is 1.23 bits per heavy atom. The minimum atomic E-state index is -4.87. The van der Waals surface area contributed by atoms with E-state index < -0.39 is 64.8 Å². The maximum atomic E-state index is 14.6. The van der Waals surface area contributed by atoms with Crippen molar-refractivity contribution in [2.24, 2.45) is 17.6 Å². The number of carbonyl (C=O) groups is 2. The summed E-state index contributed by atoms with van der Waals surface area (Å²) in [4.78, 5) is 28.4. The highest BCUT2D eigenvalue weighted by Crippen LogP contribution is 2.62. The second kappa shape index (κ2) is 8.74. The Bertz CT molecular complexity index is 1170. The molecule has 2 heterocycles. The van der Waals surface area contributed by atoms with Gasteiger partial charge in [0.25, 0.3) is 11.8 Å². The van der Waals surface area contributed by atoms with Gasteiger partial charge in [-0.2, -0.15) is 17.6 Å². The zero-order chi connectivity index (χ0) is 25.7. The Hall–Kier alpha value is -3.28. The van der Waals surface area contributed by atoms with Gasteiger partial charge in [-0.3, -0.25) is 14.6 Å². The molecule has 4 atom stereocenters. The number of hydrogen-bond donors (Lipinski definition) is 2. The highest BCUT2D eigenvalue weighted by molar-refractivity contribution is 5.97. The van der Waals surface area contributed by atoms with Crippen molar-refractivity contribution in [2.75, 3.05) is 12.4 Å². The fourth-order valence-corrected chi connectivity index (χ4v) is 4.85. The van der Waals surface area contributed by atoms with Gasteiger partial charge in [0.15, 0.2) is 17.2 Å². The molecule has 1 aliphatic carbocycles. The number of rotatable bonds is 6. The largest absolute Gasteiger partial charge is 0.493 e. The standard InChI is InChI=1S/C23H22F5N3O4/c1-22(23(26,27)28)16(10-3-4-10)15(12-5-6-13(24)17(25)18(12)34-2)19(35-22)21(33)31-11-7-8-30-14(9-11)20(29)32/h5-10,15-16,19H,3-4H2,1-2H3,(H2,29,32)(H,30,31,33). The van der Waals surface area contributed by atoms with Gasteiger partial charge in [-0.05, 0) is 43.9 Å². The Kier molecular flexibility index (Phi) is 6.20. The molecular formula is C23H22F5N3O4. The summed E-state index contributed by atoms with van der Waals surface area (Å²) in [6.45, 7) is 0.861. The van der Waals surface area contributed by atoms with Crippen LogP contribution in [0.15, 0.2) is 30.5 Å². The summed E-state index contributed by atoms with van der Waals surface area (Å²) in [5.74, 6) is -8.09. The normalized spacial score (nSPS) is 26.4. The Morgan fingerprint density at radius 3 is 2.49 bits per heavy atom. The Labute approximate surface area is 196 Å². The molecule has 2 amide bonds. The van der Waals surface area contributed by atoms with Gasteiger partial charge in [0.1, 0.15) is 11.8 Å². The third kappa shape index (κ3) is 4.30. The number of anilines is 1. The predicted octanol–water partition coefficient (Wildman–Crippen LogP) is 3.94. The summed E-state index contributed by atoms with van der Waals surface area (Å²) in [6, 6.07) is 4.36. The second-order valence-electron chi connectivity index (χ2n) is 8.80. The number of primary amides is 1. The zero-order valence-corrected chi connectivity index (χ0v) is 18.7. The molecule has 188 valence electrons. The molecule has 1 saturated heterocycles. The van der Waals surface area contributed by atoms with Crippen LogP contribution in [0.4, 0.5) is 27.6 Å². The van der Waals surface area contributed by atoms with Crippen LogP contribution in [-0.4, -0.2) is 41.8 Å². The SMILES string of the molecule is COc1c(C2C(C(=O)Nc3ccnc(C(N)=O)c3)OC(C)(C(F)(F)F)C2C2CC2)ccc(F)c1F. The van der Waals surface area contributed by atoms with Crippen molar-refractivity contribution < 1.29 is 41.0 Å². The molecule has 1 aromatic heterocycles. The van der Waals surface area contributed by atoms with Crippen LogP contribution in [0.5, 0.6) is 5.75 Å². The minimum Gasteiger partial charge on any atom is -0.493 e. The Morgan fingerprint density at radius 2 is 1.91 bits per heavy atom. The number of alkyl halides is 3. The number of nitrogens with two attached hydrogens (primary N) is 1. The summed E-state index contributed by atoms with van der Waals surface area (Å²) < 4.78 is 81.9. The molecule has 0 bridgehead atoms. The fraction of sp³-hybridized carbons (Fsp3) is 0.435. The summed E-state index contributed by atoms with van der Waals surface area (Å²) in [6.07, 6.45) is -4.49. The third-order valence-electron chi connectivity index (χ3n) is 6.60. The molecular weight excluding hydrogens is 477 g/mol. The molecule has 4 rings (SSSR count). The predicted molar refractivity (Wildman–Crippen MR) is 113 cm³/mol. The first-order chi connectivity index (χ1) is 16.4. The number of nitrogens with zero attached hydrogens (tertiary/aromatic N) is 1. The number of hydrogen-bond acceptors (Lipinski definition) is 5. The zero-order valence-electron chi connectivity index (χ0n) is 18.7. The van der Waals surface area contributed by atoms with Crippen molar-refractivity contribution in [3.63, 3.8) is 0 Å². The van der Waals surface area contributed by atoms with Gasteiger partial charge in [-0.1, -0.05) is 6.07 Å². The molecule has 4 unspecified atom stereocenters. The average molecular weight is 499 g/mol. The van der Waals surface area contributed by atoms with Gasteiger partial charge in [0.2, 0.25) is 5.82 Å². The van der Waals surface area contributed by atoms with E-state index in [1.165, 1.54) is 12.3 Å². The summed E-state index contributed by atoms with van der Waals surface area (Å²) in [5.41, 5.74) is 2.21. The first-order valence-corrected chi connectivity index (χ1v) is 10.7. The number of benzene rings is 1. The van der Waals surface area contributed by atoms with E-state index >= 15 is 0 Å².